The van der Waals surface area contributed by atoms with Gasteiger partial charge in [-0.25, -0.2) is 0 Å². The predicted octanol–water partition coefficient (Wildman–Crippen LogP) is 1.23. The van der Waals surface area contributed by atoms with Gasteiger partial charge in [-0.1, -0.05) is 6.07 Å². The van der Waals surface area contributed by atoms with Crippen LogP contribution >= 0.6 is 0 Å². The predicted molar refractivity (Wildman–Crippen MR) is 76.4 cm³/mol. The number of piperidine rings is 1. The van der Waals surface area contributed by atoms with Crippen molar-refractivity contribution in [2.45, 2.75) is 6.18 Å². The van der Waals surface area contributed by atoms with E-state index in [4.69, 9.17) is 0 Å². The van der Waals surface area contributed by atoms with E-state index in [0.29, 0.717) is 11.8 Å². The maximum Gasteiger partial charge on any atom is 0.416 e. The number of alkyl halides is 3. The number of carbonyl (C=O) groups excluding carboxylic acids is 2. The smallest absolute Gasteiger partial charge is 0.347 e. The van der Waals surface area contributed by atoms with E-state index >= 15 is 0 Å². The van der Waals surface area contributed by atoms with Crippen LogP contribution in [0.25, 0.3) is 0 Å². The number of nitrogens with one attached hydrogen (secondary N) is 3. The summed E-state index contributed by atoms with van der Waals surface area (Å²) in [5, 5.41) is 8.06. The molecule has 124 valence electrons. The zero-order valence-electron chi connectivity index (χ0n) is 12.1. The molecule has 1 aromatic rings. The van der Waals surface area contributed by atoms with E-state index in [1.807, 2.05) is 0 Å². The second-order valence-corrected chi connectivity index (χ2v) is 5.86. The van der Waals surface area contributed by atoms with Crippen molar-refractivity contribution in [3.05, 3.63) is 29.8 Å². The molecule has 2 amide bonds. The topological polar surface area (TPSA) is 70.2 Å². The molecule has 3 atom stereocenters. The van der Waals surface area contributed by atoms with Crippen molar-refractivity contribution in [1.82, 2.24) is 10.6 Å². The van der Waals surface area contributed by atoms with Gasteiger partial charge in [0.25, 0.3) is 0 Å². The second-order valence-electron chi connectivity index (χ2n) is 5.86. The Morgan fingerprint density at radius 3 is 2.57 bits per heavy atom. The lowest BCUT2D eigenvalue weighted by molar-refractivity contribution is -0.137. The van der Waals surface area contributed by atoms with E-state index in [1.54, 1.807) is 0 Å². The number of hydrogen-bond donors (Lipinski definition) is 3. The molecule has 23 heavy (non-hydrogen) atoms. The monoisotopic (exact) mass is 327 g/mol. The van der Waals surface area contributed by atoms with Crippen molar-refractivity contribution in [3.8, 4) is 0 Å². The molecule has 0 aromatic heterocycles. The lowest BCUT2D eigenvalue weighted by atomic mass is 10.2. The molecule has 0 bridgehead atoms. The van der Waals surface area contributed by atoms with Crippen LogP contribution in [0.2, 0.25) is 0 Å². The van der Waals surface area contributed by atoms with Gasteiger partial charge in [-0.15, -0.1) is 0 Å². The standard InChI is InChI=1S/C15H16F3N3O2/c16-15(17,18)8-2-1-3-9(4-8)21-12(22)7-20-14(23)13-10-5-19-6-11(10)13/h1-4,10-11,13,19H,5-7H2,(H,20,23)(H,21,22)/t10-,11+,13?. The van der Waals surface area contributed by atoms with Gasteiger partial charge in [0.2, 0.25) is 11.8 Å². The summed E-state index contributed by atoms with van der Waals surface area (Å²) in [6.07, 6.45) is -4.47. The number of rotatable bonds is 4. The molecule has 1 heterocycles. The van der Waals surface area contributed by atoms with Gasteiger partial charge in [0.1, 0.15) is 0 Å². The fraction of sp³-hybridized carbons (Fsp3) is 0.467. The van der Waals surface area contributed by atoms with Crippen LogP contribution in [0.4, 0.5) is 18.9 Å². The molecule has 1 aromatic carbocycles. The summed E-state index contributed by atoms with van der Waals surface area (Å²) in [6.45, 7) is 1.39. The molecule has 2 fully saturated rings. The van der Waals surface area contributed by atoms with Gasteiger partial charge in [-0.05, 0) is 43.1 Å². The van der Waals surface area contributed by atoms with E-state index in [2.05, 4.69) is 16.0 Å². The van der Waals surface area contributed by atoms with Crippen LogP contribution in [-0.2, 0) is 15.8 Å². The summed E-state index contributed by atoms with van der Waals surface area (Å²) < 4.78 is 37.8. The fourth-order valence-electron chi connectivity index (χ4n) is 3.07. The molecule has 1 saturated heterocycles. The van der Waals surface area contributed by atoms with Gasteiger partial charge < -0.3 is 16.0 Å². The van der Waals surface area contributed by atoms with E-state index in [-0.39, 0.29) is 24.1 Å². The van der Waals surface area contributed by atoms with Crippen LogP contribution in [0.3, 0.4) is 0 Å². The van der Waals surface area contributed by atoms with Crippen LogP contribution < -0.4 is 16.0 Å². The molecule has 1 aliphatic heterocycles. The number of benzene rings is 1. The van der Waals surface area contributed by atoms with Crippen molar-refractivity contribution >= 4 is 17.5 Å². The van der Waals surface area contributed by atoms with E-state index in [1.165, 1.54) is 12.1 Å². The first-order chi connectivity index (χ1) is 10.9. The average Bonchev–Trinajstić information content (AvgIpc) is 2.97. The van der Waals surface area contributed by atoms with Crippen LogP contribution in [0.1, 0.15) is 5.56 Å². The van der Waals surface area contributed by atoms with Crippen molar-refractivity contribution in [3.63, 3.8) is 0 Å². The van der Waals surface area contributed by atoms with Gasteiger partial charge in [0.05, 0.1) is 12.1 Å². The number of amides is 2. The van der Waals surface area contributed by atoms with Gasteiger partial charge >= 0.3 is 6.18 Å². The molecule has 0 radical (unpaired) electrons. The minimum absolute atomic E-state index is 0.0439. The highest BCUT2D eigenvalue weighted by molar-refractivity contribution is 5.95. The Labute approximate surface area is 130 Å². The van der Waals surface area contributed by atoms with E-state index in [9.17, 15) is 22.8 Å². The molecule has 8 heteroatoms. The Hall–Kier alpha value is -2.09. The largest absolute Gasteiger partial charge is 0.416 e. The molecule has 1 unspecified atom stereocenters. The summed E-state index contributed by atoms with van der Waals surface area (Å²) >= 11 is 0. The quantitative estimate of drug-likeness (QED) is 0.779. The maximum atomic E-state index is 12.6. The Morgan fingerprint density at radius 2 is 1.91 bits per heavy atom. The normalized spacial score (nSPS) is 25.6. The molecule has 1 saturated carbocycles. The van der Waals surface area contributed by atoms with Gasteiger partial charge in [0.15, 0.2) is 0 Å². The van der Waals surface area contributed by atoms with Crippen molar-refractivity contribution in [1.29, 1.82) is 0 Å². The van der Waals surface area contributed by atoms with Crippen LogP contribution in [0.15, 0.2) is 24.3 Å². The van der Waals surface area contributed by atoms with Crippen molar-refractivity contribution in [2.75, 3.05) is 25.0 Å². The second kappa shape index (κ2) is 5.84. The first-order valence-corrected chi connectivity index (χ1v) is 7.32. The third-order valence-electron chi connectivity index (χ3n) is 4.29. The zero-order chi connectivity index (χ0) is 16.6. The molecule has 2 aliphatic rings. The third-order valence-corrected chi connectivity index (χ3v) is 4.29. The Balaban J connectivity index is 1.49. The first-order valence-electron chi connectivity index (χ1n) is 7.32. The molecule has 1 aliphatic carbocycles. The number of anilines is 1. The summed E-state index contributed by atoms with van der Waals surface area (Å²) in [4.78, 5) is 23.6. The minimum Gasteiger partial charge on any atom is -0.347 e. The Morgan fingerprint density at radius 1 is 1.22 bits per heavy atom. The van der Waals surface area contributed by atoms with Crippen molar-refractivity contribution < 1.29 is 22.8 Å². The highest BCUT2D eigenvalue weighted by atomic mass is 19.4. The number of halogens is 3. The van der Waals surface area contributed by atoms with Gasteiger partial charge in [0, 0.05) is 11.6 Å². The minimum atomic E-state index is -4.47. The molecular formula is C15H16F3N3O2. The highest BCUT2D eigenvalue weighted by Crippen LogP contribution is 2.48. The summed E-state index contributed by atoms with van der Waals surface area (Å²) in [6, 6.07) is 4.37. The fourth-order valence-corrected chi connectivity index (χ4v) is 3.07. The summed E-state index contributed by atoms with van der Waals surface area (Å²) in [5.41, 5.74) is -0.788. The number of fused-ring (bicyclic) bond motifs is 1. The molecule has 5 nitrogen and oxygen atoms in total. The molecule has 3 rings (SSSR count). The van der Waals surface area contributed by atoms with Crippen LogP contribution in [0.5, 0.6) is 0 Å². The van der Waals surface area contributed by atoms with Crippen LogP contribution in [0, 0.1) is 17.8 Å². The summed E-state index contributed by atoms with van der Waals surface area (Å²) in [7, 11) is 0. The third kappa shape index (κ3) is 3.47. The van der Waals surface area contributed by atoms with E-state index < -0.39 is 17.6 Å². The Kier molecular flexibility index (Phi) is 4.01. The molecule has 3 N–H and O–H groups in total. The number of hydrogen-bond acceptors (Lipinski definition) is 3. The van der Waals surface area contributed by atoms with Crippen molar-refractivity contribution in [2.24, 2.45) is 17.8 Å². The summed E-state index contributed by atoms with van der Waals surface area (Å²) in [5.74, 6) is -0.0667. The maximum absolute atomic E-state index is 12.6. The van der Waals surface area contributed by atoms with Gasteiger partial charge in [-0.3, -0.25) is 9.59 Å². The molecule has 0 spiro atoms. The Bertz CT molecular complexity index is 623. The number of carbonyl (C=O) groups is 2. The average molecular weight is 327 g/mol. The lowest BCUT2D eigenvalue weighted by Crippen LogP contribution is -2.35. The van der Waals surface area contributed by atoms with Gasteiger partial charge in [-0.2, -0.15) is 13.2 Å². The SMILES string of the molecule is O=C(CNC(=O)C1[C@H]2CNC[C@@H]12)Nc1cccc(C(F)(F)F)c1. The first kappa shape index (κ1) is 15.8. The van der Waals surface area contributed by atoms with E-state index in [0.717, 1.165) is 25.2 Å². The zero-order valence-corrected chi connectivity index (χ0v) is 12.1. The highest BCUT2D eigenvalue weighted by Gasteiger charge is 2.56. The lowest BCUT2D eigenvalue weighted by Gasteiger charge is -2.10. The molecular weight excluding hydrogens is 311 g/mol. The van der Waals surface area contributed by atoms with Crippen LogP contribution in [-0.4, -0.2) is 31.4 Å².